The number of hydrogen-bond acceptors (Lipinski definition) is 2. The van der Waals surface area contributed by atoms with Crippen molar-refractivity contribution in [3.8, 4) is 22.3 Å². The van der Waals surface area contributed by atoms with Crippen molar-refractivity contribution in [2.45, 2.75) is 0 Å². The van der Waals surface area contributed by atoms with Crippen LogP contribution in [0.1, 0.15) is 0 Å². The SMILES string of the molecule is c1ccc(-c2ccc(N(c3cc4ccccc4cc3-c3cccc4ccccc34)c3cccc4oc5ccccc5c34)cc2)cc1. The van der Waals surface area contributed by atoms with E-state index in [0.29, 0.717) is 0 Å². The van der Waals surface area contributed by atoms with E-state index in [4.69, 9.17) is 4.42 Å². The summed E-state index contributed by atoms with van der Waals surface area (Å²) in [5.41, 5.74) is 9.78. The molecule has 9 rings (SSSR count). The fourth-order valence-electron chi connectivity index (χ4n) is 6.87. The Morgan fingerprint density at radius 1 is 0.370 bits per heavy atom. The molecule has 0 amide bonds. The van der Waals surface area contributed by atoms with Crippen molar-refractivity contribution >= 4 is 60.5 Å². The Labute approximate surface area is 267 Å². The zero-order chi connectivity index (χ0) is 30.5. The van der Waals surface area contributed by atoms with Crippen molar-refractivity contribution in [3.05, 3.63) is 176 Å². The van der Waals surface area contributed by atoms with Gasteiger partial charge in [-0.1, -0.05) is 133 Å². The third-order valence-corrected chi connectivity index (χ3v) is 9.04. The van der Waals surface area contributed by atoms with Gasteiger partial charge in [0, 0.05) is 16.6 Å². The third kappa shape index (κ3) is 4.35. The molecule has 0 fully saturated rings. The maximum atomic E-state index is 6.41. The Morgan fingerprint density at radius 2 is 0.978 bits per heavy atom. The second-order valence-electron chi connectivity index (χ2n) is 11.7. The zero-order valence-electron chi connectivity index (χ0n) is 25.1. The molecule has 216 valence electrons. The number of para-hydroxylation sites is 1. The lowest BCUT2D eigenvalue weighted by Crippen LogP contribution is -2.12. The average molecular weight is 588 g/mol. The molecule has 0 unspecified atom stereocenters. The monoisotopic (exact) mass is 587 g/mol. The minimum Gasteiger partial charge on any atom is -0.456 e. The van der Waals surface area contributed by atoms with Crippen LogP contribution in [-0.2, 0) is 0 Å². The summed E-state index contributed by atoms with van der Waals surface area (Å²) in [6, 6.07) is 62.8. The number of rotatable bonds is 5. The van der Waals surface area contributed by atoms with Crippen LogP contribution in [0.2, 0.25) is 0 Å². The van der Waals surface area contributed by atoms with E-state index in [0.717, 1.165) is 39.0 Å². The first-order chi connectivity index (χ1) is 22.8. The van der Waals surface area contributed by atoms with E-state index in [1.807, 2.05) is 6.07 Å². The third-order valence-electron chi connectivity index (χ3n) is 9.04. The number of hydrogen-bond donors (Lipinski definition) is 0. The Kier molecular flexibility index (Phi) is 6.17. The Bertz CT molecular complexity index is 2520. The van der Waals surface area contributed by atoms with Gasteiger partial charge in [0.15, 0.2) is 0 Å². The summed E-state index contributed by atoms with van der Waals surface area (Å²) in [6.45, 7) is 0. The Balaban J connectivity index is 1.37. The molecule has 0 spiro atoms. The van der Waals surface area contributed by atoms with Crippen LogP contribution in [0, 0.1) is 0 Å². The van der Waals surface area contributed by atoms with Crippen molar-refractivity contribution in [1.29, 1.82) is 0 Å². The molecule has 0 saturated carbocycles. The average Bonchev–Trinajstić information content (AvgIpc) is 3.51. The molecule has 9 aromatic rings. The summed E-state index contributed by atoms with van der Waals surface area (Å²) in [5, 5.41) is 7.06. The number of nitrogens with zero attached hydrogens (tertiary/aromatic N) is 1. The number of fused-ring (bicyclic) bond motifs is 5. The van der Waals surface area contributed by atoms with Crippen LogP contribution in [0.5, 0.6) is 0 Å². The van der Waals surface area contributed by atoms with Gasteiger partial charge in [0.1, 0.15) is 11.2 Å². The smallest absolute Gasteiger partial charge is 0.137 e. The summed E-state index contributed by atoms with van der Waals surface area (Å²) in [4.78, 5) is 2.42. The van der Waals surface area contributed by atoms with E-state index < -0.39 is 0 Å². The van der Waals surface area contributed by atoms with Crippen molar-refractivity contribution in [3.63, 3.8) is 0 Å². The molecule has 0 radical (unpaired) electrons. The van der Waals surface area contributed by atoms with Gasteiger partial charge >= 0.3 is 0 Å². The molecule has 1 aromatic heterocycles. The molecule has 2 heteroatoms. The molecule has 1 heterocycles. The van der Waals surface area contributed by atoms with Gasteiger partial charge in [-0.15, -0.1) is 0 Å². The molecule has 0 aliphatic carbocycles. The number of anilines is 3. The van der Waals surface area contributed by atoms with Crippen molar-refractivity contribution in [2.75, 3.05) is 4.90 Å². The van der Waals surface area contributed by atoms with E-state index in [9.17, 15) is 0 Å². The quantitative estimate of drug-likeness (QED) is 0.199. The molecule has 0 saturated heterocycles. The largest absolute Gasteiger partial charge is 0.456 e. The van der Waals surface area contributed by atoms with Crippen molar-refractivity contribution < 1.29 is 4.42 Å². The van der Waals surface area contributed by atoms with E-state index in [2.05, 4.69) is 175 Å². The Hall–Kier alpha value is -6.12. The van der Waals surface area contributed by atoms with Gasteiger partial charge in [0.2, 0.25) is 0 Å². The normalized spacial score (nSPS) is 11.5. The van der Waals surface area contributed by atoms with Crippen LogP contribution < -0.4 is 4.90 Å². The van der Waals surface area contributed by atoms with Crippen LogP contribution >= 0.6 is 0 Å². The first-order valence-electron chi connectivity index (χ1n) is 15.7. The summed E-state index contributed by atoms with van der Waals surface area (Å²) in [6.07, 6.45) is 0. The maximum absolute atomic E-state index is 6.41. The van der Waals surface area contributed by atoms with E-state index in [1.165, 1.54) is 43.8 Å². The van der Waals surface area contributed by atoms with Crippen LogP contribution in [-0.4, -0.2) is 0 Å². The first kappa shape index (κ1) is 26.3. The zero-order valence-corrected chi connectivity index (χ0v) is 25.1. The van der Waals surface area contributed by atoms with E-state index >= 15 is 0 Å². The second-order valence-corrected chi connectivity index (χ2v) is 11.7. The van der Waals surface area contributed by atoms with Crippen molar-refractivity contribution in [1.82, 2.24) is 0 Å². The summed E-state index contributed by atoms with van der Waals surface area (Å²) >= 11 is 0. The standard InChI is InChI=1S/C44H29NO/c1-2-12-30(13-3-1)31-24-26-35(27-25-31)45(40-21-11-23-43-44(40)38-19-8-9-22-42(38)46-43)41-29-34-16-5-4-15-33(34)28-39(41)37-20-10-17-32-14-6-7-18-36(32)37/h1-29H. The Morgan fingerprint density at radius 3 is 1.80 bits per heavy atom. The lowest BCUT2D eigenvalue weighted by atomic mass is 9.93. The molecular weight excluding hydrogens is 558 g/mol. The first-order valence-corrected chi connectivity index (χ1v) is 15.7. The number of furan rings is 1. The van der Waals surface area contributed by atoms with E-state index in [1.54, 1.807) is 0 Å². The minimum atomic E-state index is 0.872. The maximum Gasteiger partial charge on any atom is 0.137 e. The summed E-state index contributed by atoms with van der Waals surface area (Å²) < 4.78 is 6.41. The van der Waals surface area contributed by atoms with Gasteiger partial charge in [-0.3, -0.25) is 0 Å². The van der Waals surface area contributed by atoms with Gasteiger partial charge in [0.25, 0.3) is 0 Å². The molecule has 0 bridgehead atoms. The lowest BCUT2D eigenvalue weighted by molar-refractivity contribution is 0.669. The van der Waals surface area contributed by atoms with Gasteiger partial charge < -0.3 is 9.32 Å². The molecule has 46 heavy (non-hydrogen) atoms. The fourth-order valence-corrected chi connectivity index (χ4v) is 6.87. The molecule has 0 atom stereocenters. The minimum absolute atomic E-state index is 0.872. The molecular formula is C44H29NO. The summed E-state index contributed by atoms with van der Waals surface area (Å²) in [5.74, 6) is 0. The van der Waals surface area contributed by atoms with Gasteiger partial charge in [-0.05, 0) is 80.7 Å². The topological polar surface area (TPSA) is 16.4 Å². The van der Waals surface area contributed by atoms with Crippen LogP contribution in [0.15, 0.2) is 180 Å². The lowest BCUT2D eigenvalue weighted by Gasteiger charge is -2.29. The highest BCUT2D eigenvalue weighted by atomic mass is 16.3. The predicted molar refractivity (Wildman–Crippen MR) is 194 cm³/mol. The molecule has 0 aliphatic heterocycles. The second kappa shape index (κ2) is 10.8. The van der Waals surface area contributed by atoms with Crippen LogP contribution in [0.25, 0.3) is 65.7 Å². The number of benzene rings is 8. The molecule has 2 nitrogen and oxygen atoms in total. The highest BCUT2D eigenvalue weighted by Crippen LogP contribution is 2.48. The van der Waals surface area contributed by atoms with Crippen molar-refractivity contribution in [2.24, 2.45) is 0 Å². The van der Waals surface area contributed by atoms with E-state index in [-0.39, 0.29) is 0 Å². The van der Waals surface area contributed by atoms with Crippen LogP contribution in [0.3, 0.4) is 0 Å². The van der Waals surface area contributed by atoms with Gasteiger partial charge in [-0.2, -0.15) is 0 Å². The van der Waals surface area contributed by atoms with Gasteiger partial charge in [-0.25, -0.2) is 0 Å². The predicted octanol–water partition coefficient (Wildman–Crippen LogP) is 12.7. The van der Waals surface area contributed by atoms with Gasteiger partial charge in [0.05, 0.1) is 16.8 Å². The van der Waals surface area contributed by atoms with Crippen LogP contribution in [0.4, 0.5) is 17.1 Å². The fraction of sp³-hybridized carbons (Fsp3) is 0. The highest BCUT2D eigenvalue weighted by molar-refractivity contribution is 6.15. The molecule has 0 N–H and O–H groups in total. The molecule has 8 aromatic carbocycles. The molecule has 0 aliphatic rings. The highest BCUT2D eigenvalue weighted by Gasteiger charge is 2.23. The summed E-state index contributed by atoms with van der Waals surface area (Å²) in [7, 11) is 0.